The molecule has 0 aromatic carbocycles. The van der Waals surface area contributed by atoms with Crippen LogP contribution in [0.3, 0.4) is 0 Å². The number of amides is 1. The van der Waals surface area contributed by atoms with E-state index < -0.39 is 0 Å². The molecular weight excluding hydrogens is 182 g/mol. The summed E-state index contributed by atoms with van der Waals surface area (Å²) in [7, 11) is 1.75. The van der Waals surface area contributed by atoms with Crippen molar-refractivity contribution < 1.29 is 14.3 Å². The van der Waals surface area contributed by atoms with E-state index in [0.29, 0.717) is 12.0 Å². The number of rotatable bonds is 2. The molecule has 1 aliphatic carbocycles. The first-order valence-corrected chi connectivity index (χ1v) is 5.13. The molecule has 0 radical (unpaired) electrons. The summed E-state index contributed by atoms with van der Waals surface area (Å²) in [6, 6.07) is 0. The van der Waals surface area contributed by atoms with Gasteiger partial charge in [-0.25, -0.2) is 4.79 Å². The van der Waals surface area contributed by atoms with Gasteiger partial charge in [0.25, 0.3) is 0 Å². The summed E-state index contributed by atoms with van der Waals surface area (Å²) in [6.07, 6.45) is 3.09. The van der Waals surface area contributed by atoms with Crippen molar-refractivity contribution >= 4 is 6.09 Å². The van der Waals surface area contributed by atoms with E-state index in [0.717, 1.165) is 32.4 Å². The van der Waals surface area contributed by atoms with Crippen LogP contribution in [0, 0.1) is 5.41 Å². The minimum atomic E-state index is -0.115. The molecule has 3 aliphatic heterocycles. The normalized spacial score (nSPS) is 44.4. The van der Waals surface area contributed by atoms with Gasteiger partial charge in [-0.05, 0) is 19.3 Å². The summed E-state index contributed by atoms with van der Waals surface area (Å²) < 4.78 is 10.4. The Morgan fingerprint density at radius 1 is 1.57 bits per heavy atom. The molecule has 4 fully saturated rings. The molecule has 0 unspecified atom stereocenters. The van der Waals surface area contributed by atoms with E-state index in [9.17, 15) is 4.79 Å². The van der Waals surface area contributed by atoms with Gasteiger partial charge in [0.05, 0.1) is 12.1 Å². The van der Waals surface area contributed by atoms with E-state index in [1.54, 1.807) is 7.11 Å². The Morgan fingerprint density at radius 3 is 3.07 bits per heavy atom. The second-order valence-corrected chi connectivity index (χ2v) is 4.97. The van der Waals surface area contributed by atoms with Gasteiger partial charge in [-0.2, -0.15) is 0 Å². The first kappa shape index (κ1) is 8.53. The minimum absolute atomic E-state index is 0.0495. The van der Waals surface area contributed by atoms with Crippen molar-refractivity contribution in [2.75, 3.05) is 26.9 Å². The molecule has 4 nitrogen and oxygen atoms in total. The van der Waals surface area contributed by atoms with E-state index in [2.05, 4.69) is 0 Å². The molecule has 3 saturated heterocycles. The monoisotopic (exact) mass is 197 g/mol. The lowest BCUT2D eigenvalue weighted by atomic mass is 9.53. The predicted octanol–water partition coefficient (Wildman–Crippen LogP) is 1.01. The molecule has 1 spiro atoms. The molecular formula is C10H15NO3. The number of hydrogen-bond acceptors (Lipinski definition) is 3. The highest BCUT2D eigenvalue weighted by atomic mass is 16.6. The molecule has 14 heavy (non-hydrogen) atoms. The molecule has 4 rings (SSSR count). The van der Waals surface area contributed by atoms with Crippen molar-refractivity contribution in [3.8, 4) is 0 Å². The minimum Gasteiger partial charge on any atom is -0.447 e. The number of cyclic esters (lactones) is 1. The largest absolute Gasteiger partial charge is 0.447 e. The summed E-state index contributed by atoms with van der Waals surface area (Å²) in [5.41, 5.74) is 0.396. The molecule has 1 saturated carbocycles. The number of carbonyl (C=O) groups is 1. The molecule has 78 valence electrons. The van der Waals surface area contributed by atoms with Crippen molar-refractivity contribution in [2.45, 2.75) is 24.8 Å². The van der Waals surface area contributed by atoms with Crippen LogP contribution < -0.4 is 0 Å². The highest BCUT2D eigenvalue weighted by Crippen LogP contribution is 2.59. The summed E-state index contributed by atoms with van der Waals surface area (Å²) in [6.45, 7) is 2.27. The number of ether oxygens (including phenoxy) is 2. The Morgan fingerprint density at radius 2 is 2.36 bits per heavy atom. The van der Waals surface area contributed by atoms with E-state index in [-0.39, 0.29) is 11.6 Å². The highest BCUT2D eigenvalue weighted by Gasteiger charge is 2.65. The zero-order chi connectivity index (χ0) is 9.81. The predicted molar refractivity (Wildman–Crippen MR) is 48.9 cm³/mol. The van der Waals surface area contributed by atoms with Gasteiger partial charge in [0.15, 0.2) is 0 Å². The van der Waals surface area contributed by atoms with Crippen molar-refractivity contribution in [1.82, 2.24) is 4.90 Å². The molecule has 1 amide bonds. The van der Waals surface area contributed by atoms with Crippen molar-refractivity contribution in [2.24, 2.45) is 5.41 Å². The van der Waals surface area contributed by atoms with Crippen LogP contribution in [-0.2, 0) is 9.47 Å². The summed E-state index contributed by atoms with van der Waals surface area (Å²) in [5, 5.41) is 0. The number of nitrogens with zero attached hydrogens (tertiary/aromatic N) is 1. The van der Waals surface area contributed by atoms with Crippen LogP contribution in [0.4, 0.5) is 4.79 Å². The third-order valence-corrected chi connectivity index (χ3v) is 3.98. The van der Waals surface area contributed by atoms with Crippen LogP contribution in [0.15, 0.2) is 0 Å². The Bertz CT molecular complexity index is 283. The lowest BCUT2D eigenvalue weighted by Crippen LogP contribution is -2.67. The molecule has 0 N–H and O–H groups in total. The first-order valence-electron chi connectivity index (χ1n) is 5.13. The Hall–Kier alpha value is -0.770. The zero-order valence-electron chi connectivity index (χ0n) is 8.41. The number of piperidine rings is 2. The quantitative estimate of drug-likeness (QED) is 0.663. The van der Waals surface area contributed by atoms with Crippen LogP contribution in [0.5, 0.6) is 0 Å². The van der Waals surface area contributed by atoms with Crippen molar-refractivity contribution in [1.29, 1.82) is 0 Å². The van der Waals surface area contributed by atoms with Crippen LogP contribution in [0.2, 0.25) is 0 Å². The standard InChI is InChI=1S/C10H15NO3/c1-13-6-9-2-3-11-8(12)14-7-10(11,4-9)5-9/h2-7H2,1H3. The molecule has 0 aromatic rings. The molecule has 0 atom stereocenters. The second kappa shape index (κ2) is 2.42. The topological polar surface area (TPSA) is 38.8 Å². The summed E-state index contributed by atoms with van der Waals surface area (Å²) in [5.74, 6) is 0. The smallest absolute Gasteiger partial charge is 0.410 e. The SMILES string of the molecule is COCC12CCN3C(=O)OCC3(C1)C2. The Balaban J connectivity index is 1.80. The Kier molecular flexibility index (Phi) is 1.48. The molecule has 4 aliphatic rings. The fourth-order valence-corrected chi connectivity index (χ4v) is 3.52. The lowest BCUT2D eigenvalue weighted by molar-refractivity contribution is -0.131. The van der Waals surface area contributed by atoms with Crippen LogP contribution in [0.25, 0.3) is 0 Å². The molecule has 3 heterocycles. The zero-order valence-corrected chi connectivity index (χ0v) is 8.41. The maximum absolute atomic E-state index is 11.4. The van der Waals surface area contributed by atoms with Gasteiger partial charge in [0, 0.05) is 19.1 Å². The third-order valence-electron chi connectivity index (χ3n) is 3.98. The summed E-state index contributed by atoms with van der Waals surface area (Å²) in [4.78, 5) is 13.3. The van der Waals surface area contributed by atoms with Gasteiger partial charge in [-0.15, -0.1) is 0 Å². The average molecular weight is 197 g/mol. The maximum Gasteiger partial charge on any atom is 0.410 e. The fraction of sp³-hybridized carbons (Fsp3) is 0.900. The third kappa shape index (κ3) is 0.848. The van der Waals surface area contributed by atoms with Gasteiger partial charge in [-0.1, -0.05) is 0 Å². The van der Waals surface area contributed by atoms with Crippen LogP contribution >= 0.6 is 0 Å². The highest BCUT2D eigenvalue weighted by molar-refractivity contribution is 5.72. The first-order chi connectivity index (χ1) is 6.70. The average Bonchev–Trinajstić information content (AvgIpc) is 2.45. The van der Waals surface area contributed by atoms with Gasteiger partial charge < -0.3 is 9.47 Å². The number of carbonyl (C=O) groups excluding carboxylic acids is 1. The number of fused-ring (bicyclic) bond motifs is 1. The Labute approximate surface area is 83.2 Å². The molecule has 2 bridgehead atoms. The van der Waals surface area contributed by atoms with E-state index in [1.807, 2.05) is 4.90 Å². The molecule has 4 heteroatoms. The van der Waals surface area contributed by atoms with Crippen molar-refractivity contribution in [3.63, 3.8) is 0 Å². The fourth-order valence-electron chi connectivity index (χ4n) is 3.52. The van der Waals surface area contributed by atoms with Crippen LogP contribution in [-0.4, -0.2) is 43.4 Å². The maximum atomic E-state index is 11.4. The lowest BCUT2D eigenvalue weighted by Gasteiger charge is -2.61. The van der Waals surface area contributed by atoms with Crippen molar-refractivity contribution in [3.05, 3.63) is 0 Å². The van der Waals surface area contributed by atoms with Crippen LogP contribution in [0.1, 0.15) is 19.3 Å². The van der Waals surface area contributed by atoms with E-state index >= 15 is 0 Å². The number of hydrogen-bond donors (Lipinski definition) is 0. The van der Waals surface area contributed by atoms with Gasteiger partial charge in [0.2, 0.25) is 0 Å². The number of methoxy groups -OCH3 is 1. The van der Waals surface area contributed by atoms with E-state index in [1.165, 1.54) is 0 Å². The van der Waals surface area contributed by atoms with E-state index in [4.69, 9.17) is 9.47 Å². The van der Waals surface area contributed by atoms with Gasteiger partial charge >= 0.3 is 6.09 Å². The van der Waals surface area contributed by atoms with Gasteiger partial charge in [-0.3, -0.25) is 4.90 Å². The second-order valence-electron chi connectivity index (χ2n) is 4.97. The van der Waals surface area contributed by atoms with Gasteiger partial charge in [0.1, 0.15) is 6.61 Å². The molecule has 0 aromatic heterocycles. The summed E-state index contributed by atoms with van der Waals surface area (Å²) >= 11 is 0.